The van der Waals surface area contributed by atoms with Gasteiger partial charge in [0, 0.05) is 5.56 Å². The molecule has 0 amide bonds. The fraction of sp³-hybridized carbons (Fsp3) is 0.176. The molecule has 1 heterocycles. The van der Waals surface area contributed by atoms with E-state index in [0.29, 0.717) is 17.2 Å². The van der Waals surface area contributed by atoms with E-state index in [4.69, 9.17) is 4.74 Å². The zero-order chi connectivity index (χ0) is 17.9. The van der Waals surface area contributed by atoms with Crippen LogP contribution in [0.2, 0.25) is 0 Å². The number of hydrogen-bond acceptors (Lipinski definition) is 6. The summed E-state index contributed by atoms with van der Waals surface area (Å²) in [5.74, 6) is 0.670. The molecule has 3 aromatic rings. The van der Waals surface area contributed by atoms with Gasteiger partial charge in [-0.15, -0.1) is 10.2 Å². The highest BCUT2D eigenvalue weighted by Gasteiger charge is 2.19. The maximum atomic E-state index is 12.6. The molecule has 0 spiro atoms. The summed E-state index contributed by atoms with van der Waals surface area (Å²) in [6, 6.07) is 14.3. The van der Waals surface area contributed by atoms with E-state index >= 15 is 0 Å². The van der Waals surface area contributed by atoms with E-state index in [1.807, 2.05) is 37.3 Å². The van der Waals surface area contributed by atoms with Crippen LogP contribution in [0.25, 0.3) is 10.6 Å². The van der Waals surface area contributed by atoms with Gasteiger partial charge < -0.3 is 4.74 Å². The van der Waals surface area contributed by atoms with Crippen molar-refractivity contribution in [3.05, 3.63) is 54.1 Å². The van der Waals surface area contributed by atoms with Crippen LogP contribution < -0.4 is 9.46 Å². The molecule has 6 nitrogen and oxygen atoms in total. The van der Waals surface area contributed by atoms with E-state index in [1.54, 1.807) is 19.2 Å². The molecule has 25 heavy (non-hydrogen) atoms. The molecule has 0 unspecified atom stereocenters. The number of nitrogens with zero attached hydrogens (tertiary/aromatic N) is 2. The van der Waals surface area contributed by atoms with Gasteiger partial charge in [-0.05, 0) is 30.2 Å². The fourth-order valence-electron chi connectivity index (χ4n) is 2.33. The number of sulfonamides is 1. The van der Waals surface area contributed by atoms with Crippen LogP contribution in [-0.2, 0) is 16.4 Å². The lowest BCUT2D eigenvalue weighted by Crippen LogP contribution is -2.13. The Morgan fingerprint density at radius 1 is 1.12 bits per heavy atom. The fourth-order valence-corrected chi connectivity index (χ4v) is 4.36. The summed E-state index contributed by atoms with van der Waals surface area (Å²) in [7, 11) is -2.17. The van der Waals surface area contributed by atoms with Crippen molar-refractivity contribution in [1.82, 2.24) is 10.2 Å². The van der Waals surface area contributed by atoms with Crippen molar-refractivity contribution < 1.29 is 13.2 Å². The van der Waals surface area contributed by atoms with Crippen LogP contribution in [0.15, 0.2) is 53.4 Å². The molecule has 0 bridgehead atoms. The number of nitrogens with one attached hydrogen (secondary N) is 1. The number of rotatable bonds is 6. The first-order valence-electron chi connectivity index (χ1n) is 7.62. The van der Waals surface area contributed by atoms with Crippen molar-refractivity contribution in [3.8, 4) is 16.3 Å². The predicted molar refractivity (Wildman–Crippen MR) is 98.5 cm³/mol. The Morgan fingerprint density at radius 3 is 2.56 bits per heavy atom. The van der Waals surface area contributed by atoms with Crippen LogP contribution in [0.4, 0.5) is 5.13 Å². The first kappa shape index (κ1) is 17.4. The number of aryl methyl sites for hydroxylation is 1. The number of anilines is 1. The molecule has 8 heteroatoms. The van der Waals surface area contributed by atoms with Gasteiger partial charge >= 0.3 is 0 Å². The highest BCUT2D eigenvalue weighted by molar-refractivity contribution is 7.93. The van der Waals surface area contributed by atoms with Gasteiger partial charge in [-0.3, -0.25) is 4.72 Å². The Kier molecular flexibility index (Phi) is 5.00. The van der Waals surface area contributed by atoms with E-state index in [-0.39, 0.29) is 10.0 Å². The maximum absolute atomic E-state index is 12.6. The maximum Gasteiger partial charge on any atom is 0.263 e. The van der Waals surface area contributed by atoms with E-state index < -0.39 is 10.0 Å². The molecule has 130 valence electrons. The molecular formula is C17H17N3O3S2. The molecule has 0 aliphatic rings. The van der Waals surface area contributed by atoms with Crippen molar-refractivity contribution in [2.75, 3.05) is 11.8 Å². The van der Waals surface area contributed by atoms with Crippen molar-refractivity contribution in [2.24, 2.45) is 0 Å². The van der Waals surface area contributed by atoms with Crippen LogP contribution >= 0.6 is 11.3 Å². The van der Waals surface area contributed by atoms with Crippen molar-refractivity contribution in [3.63, 3.8) is 0 Å². The summed E-state index contributed by atoms with van der Waals surface area (Å²) in [5.41, 5.74) is 1.72. The smallest absolute Gasteiger partial charge is 0.263 e. The summed E-state index contributed by atoms with van der Waals surface area (Å²) >= 11 is 1.19. The third kappa shape index (κ3) is 3.80. The predicted octanol–water partition coefficient (Wildman–Crippen LogP) is 3.58. The molecule has 0 aliphatic carbocycles. The lowest BCUT2D eigenvalue weighted by atomic mass is 10.1. The average Bonchev–Trinajstić information content (AvgIpc) is 3.09. The summed E-state index contributed by atoms with van der Waals surface area (Å²) < 4.78 is 32.9. The van der Waals surface area contributed by atoms with Crippen LogP contribution in [-0.4, -0.2) is 25.7 Å². The van der Waals surface area contributed by atoms with Crippen molar-refractivity contribution in [2.45, 2.75) is 18.2 Å². The van der Waals surface area contributed by atoms with E-state index in [1.165, 1.54) is 17.4 Å². The van der Waals surface area contributed by atoms with Gasteiger partial charge in [-0.1, -0.05) is 48.6 Å². The monoisotopic (exact) mass is 375 g/mol. The van der Waals surface area contributed by atoms with Crippen molar-refractivity contribution >= 4 is 26.5 Å². The lowest BCUT2D eigenvalue weighted by Gasteiger charge is -2.10. The second kappa shape index (κ2) is 7.20. The third-order valence-electron chi connectivity index (χ3n) is 3.61. The molecule has 0 radical (unpaired) electrons. The molecule has 0 aliphatic heterocycles. The average molecular weight is 375 g/mol. The zero-order valence-electron chi connectivity index (χ0n) is 13.8. The van der Waals surface area contributed by atoms with Crippen LogP contribution in [0.1, 0.15) is 12.5 Å². The Balaban J connectivity index is 1.86. The number of aromatic nitrogens is 2. The summed E-state index contributed by atoms with van der Waals surface area (Å²) in [4.78, 5) is 0.168. The highest BCUT2D eigenvalue weighted by atomic mass is 32.2. The van der Waals surface area contributed by atoms with Crippen molar-refractivity contribution in [1.29, 1.82) is 0 Å². The van der Waals surface area contributed by atoms with Crippen LogP contribution in [0.3, 0.4) is 0 Å². The second-order valence-electron chi connectivity index (χ2n) is 5.21. The van der Waals surface area contributed by atoms with E-state index in [2.05, 4.69) is 14.9 Å². The Bertz CT molecular complexity index is 970. The Morgan fingerprint density at radius 2 is 1.88 bits per heavy atom. The number of methoxy groups -OCH3 is 1. The standard InChI is InChI=1S/C17H17N3O3S2/c1-3-12-11-14(9-10-15(12)23-2)25(21,22)20-17-19-18-16(24-17)13-7-5-4-6-8-13/h4-11H,3H2,1-2H3,(H,19,20). The topological polar surface area (TPSA) is 81.2 Å². The van der Waals surface area contributed by atoms with Gasteiger partial charge in [0.2, 0.25) is 5.13 Å². The largest absolute Gasteiger partial charge is 0.496 e. The second-order valence-corrected chi connectivity index (χ2v) is 7.87. The Hall–Kier alpha value is -2.45. The summed E-state index contributed by atoms with van der Waals surface area (Å²) in [6.45, 7) is 1.94. The summed E-state index contributed by atoms with van der Waals surface area (Å²) in [5, 5.41) is 8.86. The minimum atomic E-state index is -3.74. The lowest BCUT2D eigenvalue weighted by molar-refractivity contribution is 0.409. The molecule has 0 atom stereocenters. The SMILES string of the molecule is CCc1cc(S(=O)(=O)Nc2nnc(-c3ccccc3)s2)ccc1OC. The normalized spacial score (nSPS) is 11.3. The molecule has 2 aromatic carbocycles. The number of ether oxygens (including phenoxy) is 1. The molecule has 0 fully saturated rings. The van der Waals surface area contributed by atoms with E-state index in [9.17, 15) is 8.42 Å². The molecule has 1 aromatic heterocycles. The molecule has 3 rings (SSSR count). The number of benzene rings is 2. The van der Waals surface area contributed by atoms with Gasteiger partial charge in [0.05, 0.1) is 12.0 Å². The van der Waals surface area contributed by atoms with Gasteiger partial charge in [0.25, 0.3) is 10.0 Å². The number of hydrogen-bond donors (Lipinski definition) is 1. The zero-order valence-corrected chi connectivity index (χ0v) is 15.4. The first-order chi connectivity index (χ1) is 12.0. The van der Waals surface area contributed by atoms with Crippen LogP contribution in [0, 0.1) is 0 Å². The van der Waals surface area contributed by atoms with Crippen LogP contribution in [0.5, 0.6) is 5.75 Å². The first-order valence-corrected chi connectivity index (χ1v) is 9.92. The minimum Gasteiger partial charge on any atom is -0.496 e. The summed E-state index contributed by atoms with van der Waals surface area (Å²) in [6.07, 6.45) is 0.670. The van der Waals surface area contributed by atoms with Gasteiger partial charge in [0.15, 0.2) is 0 Å². The highest BCUT2D eigenvalue weighted by Crippen LogP contribution is 2.28. The van der Waals surface area contributed by atoms with Gasteiger partial charge in [0.1, 0.15) is 10.8 Å². The van der Waals surface area contributed by atoms with Gasteiger partial charge in [-0.25, -0.2) is 8.42 Å². The molecular weight excluding hydrogens is 358 g/mol. The quantitative estimate of drug-likeness (QED) is 0.712. The van der Waals surface area contributed by atoms with Gasteiger partial charge in [-0.2, -0.15) is 0 Å². The molecule has 0 saturated heterocycles. The van der Waals surface area contributed by atoms with E-state index in [0.717, 1.165) is 11.1 Å². The molecule has 0 saturated carbocycles. The third-order valence-corrected chi connectivity index (χ3v) is 5.96. The minimum absolute atomic E-state index is 0.168. The Labute approximate surface area is 150 Å². The molecule has 1 N–H and O–H groups in total.